The van der Waals surface area contributed by atoms with E-state index in [9.17, 15) is 9.90 Å². The Morgan fingerprint density at radius 3 is 2.71 bits per heavy atom. The number of carbonyl (C=O) groups is 1. The maximum atomic E-state index is 10.6. The Kier molecular flexibility index (Phi) is 3.48. The van der Waals surface area contributed by atoms with Crippen LogP contribution in [0.15, 0.2) is 24.3 Å². The van der Waals surface area contributed by atoms with Gasteiger partial charge in [0.15, 0.2) is 6.10 Å². The number of ether oxygens (including phenoxy) is 1. The smallest absolute Gasteiger partial charge is 0.337 e. The molecule has 4 nitrogen and oxygen atoms in total. The average molecular weight is 196 g/mol. The fraction of sp³-hybridized carbons (Fsp3) is 0.300. The van der Waals surface area contributed by atoms with Crippen LogP contribution in [0, 0.1) is 0 Å². The maximum absolute atomic E-state index is 10.6. The van der Waals surface area contributed by atoms with Gasteiger partial charge < -0.3 is 14.9 Å². The van der Waals surface area contributed by atoms with Crippen molar-refractivity contribution in [3.8, 4) is 5.75 Å². The fourth-order valence-corrected chi connectivity index (χ4v) is 1.13. The molecule has 1 aromatic carbocycles. The van der Waals surface area contributed by atoms with Crippen LogP contribution in [0.5, 0.6) is 5.75 Å². The lowest BCUT2D eigenvalue weighted by Crippen LogP contribution is -2.12. The molecule has 0 spiro atoms. The molecule has 0 aliphatic carbocycles. The molecule has 0 saturated carbocycles. The Bertz CT molecular complexity index is 322. The van der Waals surface area contributed by atoms with Crippen LogP contribution in [0.1, 0.15) is 18.6 Å². The highest BCUT2D eigenvalue weighted by Gasteiger charge is 2.19. The minimum absolute atomic E-state index is 0.279. The quantitative estimate of drug-likeness (QED) is 0.759. The third-order valence-corrected chi connectivity index (χ3v) is 1.75. The minimum atomic E-state index is -1.53. The lowest BCUT2D eigenvalue weighted by Gasteiger charge is -2.11. The Hall–Kier alpha value is -1.55. The monoisotopic (exact) mass is 196 g/mol. The second-order valence-electron chi connectivity index (χ2n) is 2.71. The molecule has 0 aromatic heterocycles. The van der Waals surface area contributed by atoms with Gasteiger partial charge in [0.05, 0.1) is 6.61 Å². The van der Waals surface area contributed by atoms with Crippen molar-refractivity contribution in [2.45, 2.75) is 13.0 Å². The van der Waals surface area contributed by atoms with E-state index < -0.39 is 12.1 Å². The summed E-state index contributed by atoms with van der Waals surface area (Å²) in [7, 11) is 0. The molecule has 0 aliphatic heterocycles. The van der Waals surface area contributed by atoms with Crippen LogP contribution in [0.3, 0.4) is 0 Å². The van der Waals surface area contributed by atoms with E-state index in [1.807, 2.05) is 0 Å². The Morgan fingerprint density at radius 2 is 2.14 bits per heavy atom. The van der Waals surface area contributed by atoms with E-state index in [1.165, 1.54) is 6.07 Å². The SMILES string of the molecule is CCOc1ccccc1[C@@H](O)C(=O)O. The van der Waals surface area contributed by atoms with Crippen molar-refractivity contribution < 1.29 is 19.7 Å². The highest BCUT2D eigenvalue weighted by atomic mass is 16.5. The molecule has 0 saturated heterocycles. The topological polar surface area (TPSA) is 66.8 Å². The largest absolute Gasteiger partial charge is 0.493 e. The fourth-order valence-electron chi connectivity index (χ4n) is 1.13. The van der Waals surface area contributed by atoms with Crippen LogP contribution in [-0.2, 0) is 4.79 Å². The first-order valence-corrected chi connectivity index (χ1v) is 4.29. The number of hydrogen-bond donors (Lipinski definition) is 2. The Morgan fingerprint density at radius 1 is 1.50 bits per heavy atom. The third-order valence-electron chi connectivity index (χ3n) is 1.75. The van der Waals surface area contributed by atoms with Gasteiger partial charge in [-0.3, -0.25) is 0 Å². The Balaban J connectivity index is 3.00. The molecule has 0 bridgehead atoms. The van der Waals surface area contributed by atoms with Crippen molar-refractivity contribution >= 4 is 5.97 Å². The maximum Gasteiger partial charge on any atom is 0.337 e. The number of aliphatic hydroxyl groups is 1. The summed E-state index contributed by atoms with van der Waals surface area (Å²) in [4.78, 5) is 10.6. The summed E-state index contributed by atoms with van der Waals surface area (Å²) in [5.74, 6) is -0.873. The van der Waals surface area contributed by atoms with Crippen LogP contribution >= 0.6 is 0 Å². The molecule has 1 aromatic rings. The number of aliphatic carboxylic acids is 1. The van der Waals surface area contributed by atoms with Gasteiger partial charge in [-0.05, 0) is 13.0 Å². The summed E-state index contributed by atoms with van der Waals surface area (Å²) in [6, 6.07) is 6.54. The molecule has 1 atom stereocenters. The highest BCUT2D eigenvalue weighted by Crippen LogP contribution is 2.24. The van der Waals surface area contributed by atoms with Crippen molar-refractivity contribution in [1.82, 2.24) is 0 Å². The number of aliphatic hydroxyl groups excluding tert-OH is 1. The summed E-state index contributed by atoms with van der Waals surface area (Å²) in [6.45, 7) is 2.23. The van der Waals surface area contributed by atoms with E-state index in [4.69, 9.17) is 9.84 Å². The van der Waals surface area contributed by atoms with Gasteiger partial charge in [0.25, 0.3) is 0 Å². The first-order valence-electron chi connectivity index (χ1n) is 4.29. The van der Waals surface area contributed by atoms with Crippen molar-refractivity contribution in [1.29, 1.82) is 0 Å². The van der Waals surface area contributed by atoms with Crippen molar-refractivity contribution in [3.05, 3.63) is 29.8 Å². The number of benzene rings is 1. The van der Waals surface area contributed by atoms with Gasteiger partial charge in [0.1, 0.15) is 5.75 Å². The van der Waals surface area contributed by atoms with Gasteiger partial charge in [0.2, 0.25) is 0 Å². The Labute approximate surface area is 81.8 Å². The first kappa shape index (κ1) is 10.5. The standard InChI is InChI=1S/C10H12O4/c1-2-14-8-6-4-3-5-7(8)9(11)10(12)13/h3-6,9,11H,2H2,1H3,(H,12,13)/t9-/m1/s1. The zero-order valence-corrected chi connectivity index (χ0v) is 7.80. The predicted octanol–water partition coefficient (Wildman–Crippen LogP) is 1.20. The molecule has 0 radical (unpaired) electrons. The normalized spacial score (nSPS) is 12.1. The van der Waals surface area contributed by atoms with Crippen LogP contribution < -0.4 is 4.74 Å². The first-order chi connectivity index (χ1) is 6.66. The molecule has 2 N–H and O–H groups in total. The van der Waals surface area contributed by atoms with E-state index in [2.05, 4.69) is 0 Å². The van der Waals surface area contributed by atoms with E-state index in [-0.39, 0.29) is 5.56 Å². The van der Waals surface area contributed by atoms with Gasteiger partial charge >= 0.3 is 5.97 Å². The number of hydrogen-bond acceptors (Lipinski definition) is 3. The van der Waals surface area contributed by atoms with Gasteiger partial charge in [-0.2, -0.15) is 0 Å². The van der Waals surface area contributed by atoms with Crippen molar-refractivity contribution in [3.63, 3.8) is 0 Å². The molecule has 1 rings (SSSR count). The van der Waals surface area contributed by atoms with Crippen LogP contribution in [0.25, 0.3) is 0 Å². The summed E-state index contributed by atoms with van der Waals surface area (Å²) in [5.41, 5.74) is 0.279. The molecule has 76 valence electrons. The predicted molar refractivity (Wildman–Crippen MR) is 50.2 cm³/mol. The lowest BCUT2D eigenvalue weighted by atomic mass is 10.1. The molecular formula is C10H12O4. The summed E-state index contributed by atoms with van der Waals surface area (Å²) < 4.78 is 5.18. The molecule has 14 heavy (non-hydrogen) atoms. The molecule has 4 heteroatoms. The minimum Gasteiger partial charge on any atom is -0.493 e. The number of carboxylic acids is 1. The lowest BCUT2D eigenvalue weighted by molar-refractivity contribution is -0.147. The second kappa shape index (κ2) is 4.62. The summed E-state index contributed by atoms with van der Waals surface area (Å²) in [6.07, 6.45) is -1.53. The molecular weight excluding hydrogens is 184 g/mol. The molecule has 0 unspecified atom stereocenters. The van der Waals surface area contributed by atoms with Gasteiger partial charge in [-0.25, -0.2) is 4.79 Å². The number of para-hydroxylation sites is 1. The number of carboxylic acid groups (broad SMARTS) is 1. The summed E-state index contributed by atoms with van der Waals surface area (Å²) >= 11 is 0. The van der Waals surface area contributed by atoms with Crippen LogP contribution in [0.2, 0.25) is 0 Å². The molecule has 0 heterocycles. The van der Waals surface area contributed by atoms with E-state index >= 15 is 0 Å². The van der Waals surface area contributed by atoms with Gasteiger partial charge in [-0.15, -0.1) is 0 Å². The highest BCUT2D eigenvalue weighted by molar-refractivity contribution is 5.75. The summed E-state index contributed by atoms with van der Waals surface area (Å²) in [5, 5.41) is 17.9. The number of rotatable bonds is 4. The van der Waals surface area contributed by atoms with E-state index in [1.54, 1.807) is 25.1 Å². The second-order valence-corrected chi connectivity index (χ2v) is 2.71. The van der Waals surface area contributed by atoms with E-state index in [0.717, 1.165) is 0 Å². The average Bonchev–Trinajstić information content (AvgIpc) is 2.18. The van der Waals surface area contributed by atoms with Crippen LogP contribution in [-0.4, -0.2) is 22.8 Å². The molecule has 0 amide bonds. The van der Waals surface area contributed by atoms with Gasteiger partial charge in [0, 0.05) is 5.56 Å². The van der Waals surface area contributed by atoms with Gasteiger partial charge in [-0.1, -0.05) is 18.2 Å². The van der Waals surface area contributed by atoms with E-state index in [0.29, 0.717) is 12.4 Å². The molecule has 0 aliphatic rings. The van der Waals surface area contributed by atoms with Crippen molar-refractivity contribution in [2.24, 2.45) is 0 Å². The zero-order chi connectivity index (χ0) is 10.6. The van der Waals surface area contributed by atoms with Crippen LogP contribution in [0.4, 0.5) is 0 Å². The van der Waals surface area contributed by atoms with Crippen molar-refractivity contribution in [2.75, 3.05) is 6.61 Å². The molecule has 0 fully saturated rings. The zero-order valence-electron chi connectivity index (χ0n) is 7.80. The third kappa shape index (κ3) is 2.23.